The fourth-order valence-electron chi connectivity index (χ4n) is 0.947. The molecule has 0 unspecified atom stereocenters. The molecule has 0 amide bonds. The molecule has 0 aliphatic rings. The zero-order valence-electron chi connectivity index (χ0n) is 6.76. The van der Waals surface area contributed by atoms with Gasteiger partial charge in [0.05, 0.1) is 5.75 Å². The number of benzene rings is 1. The van der Waals surface area contributed by atoms with Gasteiger partial charge in [0.25, 0.3) is 5.92 Å². The van der Waals surface area contributed by atoms with Crippen molar-refractivity contribution in [3.63, 3.8) is 0 Å². The second-order valence-corrected chi connectivity index (χ2v) is 3.37. The summed E-state index contributed by atoms with van der Waals surface area (Å²) in [6.07, 6.45) is 1.68. The largest absolute Gasteiger partial charge is 0.282 e. The molecule has 0 aromatic heterocycles. The van der Waals surface area contributed by atoms with Crippen LogP contribution in [0.5, 0.6) is 0 Å². The minimum absolute atomic E-state index is 0.0966. The fourth-order valence-corrected chi connectivity index (χ4v) is 1.48. The predicted octanol–water partition coefficient (Wildman–Crippen LogP) is 3.14. The molecule has 1 rings (SSSR count). The number of thioether (sulfide) groups is 1. The molecule has 3 heteroatoms. The van der Waals surface area contributed by atoms with E-state index in [1.165, 1.54) is 12.1 Å². The SMILES string of the molecule is CSCC(F)(F)c1ccccc1. The summed E-state index contributed by atoms with van der Waals surface area (Å²) in [6.45, 7) is 0. The van der Waals surface area contributed by atoms with Crippen molar-refractivity contribution in [1.29, 1.82) is 0 Å². The Balaban J connectivity index is 2.82. The summed E-state index contributed by atoms with van der Waals surface area (Å²) in [5.74, 6) is -2.85. The second kappa shape index (κ2) is 3.90. The zero-order valence-corrected chi connectivity index (χ0v) is 7.57. The third-order valence-electron chi connectivity index (χ3n) is 1.52. The Labute approximate surface area is 75.0 Å². The van der Waals surface area contributed by atoms with Gasteiger partial charge in [-0.2, -0.15) is 11.8 Å². The molecular formula is C9H10F2S. The van der Waals surface area contributed by atoms with Crippen molar-refractivity contribution >= 4 is 11.8 Å². The molecule has 0 aliphatic heterocycles. The topological polar surface area (TPSA) is 0 Å². The van der Waals surface area contributed by atoms with E-state index in [0.717, 1.165) is 11.8 Å². The van der Waals surface area contributed by atoms with Crippen molar-refractivity contribution in [2.75, 3.05) is 12.0 Å². The zero-order chi connectivity index (χ0) is 9.03. The molecule has 0 heterocycles. The summed E-state index contributed by atoms with van der Waals surface area (Å²) in [6, 6.07) is 7.90. The van der Waals surface area contributed by atoms with Crippen LogP contribution in [-0.4, -0.2) is 12.0 Å². The predicted molar refractivity (Wildman–Crippen MR) is 48.7 cm³/mol. The first-order valence-corrected chi connectivity index (χ1v) is 4.98. The lowest BCUT2D eigenvalue weighted by atomic mass is 10.1. The third kappa shape index (κ3) is 2.21. The quantitative estimate of drug-likeness (QED) is 0.702. The molecule has 12 heavy (non-hydrogen) atoms. The first kappa shape index (κ1) is 9.52. The average molecular weight is 188 g/mol. The highest BCUT2D eigenvalue weighted by molar-refractivity contribution is 7.98. The van der Waals surface area contributed by atoms with E-state index in [1.807, 2.05) is 0 Å². The van der Waals surface area contributed by atoms with Gasteiger partial charge < -0.3 is 0 Å². The van der Waals surface area contributed by atoms with Gasteiger partial charge in [0, 0.05) is 5.56 Å². The van der Waals surface area contributed by atoms with E-state index in [-0.39, 0.29) is 11.3 Å². The second-order valence-electron chi connectivity index (χ2n) is 2.50. The van der Waals surface area contributed by atoms with Gasteiger partial charge in [0.15, 0.2) is 0 Å². The third-order valence-corrected chi connectivity index (χ3v) is 2.17. The van der Waals surface area contributed by atoms with E-state index in [2.05, 4.69) is 0 Å². The van der Waals surface area contributed by atoms with Crippen LogP contribution in [0.25, 0.3) is 0 Å². The first-order chi connectivity index (χ1) is 5.67. The van der Waals surface area contributed by atoms with Crippen molar-refractivity contribution in [1.82, 2.24) is 0 Å². The van der Waals surface area contributed by atoms with Crippen molar-refractivity contribution in [3.8, 4) is 0 Å². The van der Waals surface area contributed by atoms with Gasteiger partial charge in [-0.25, -0.2) is 8.78 Å². The van der Waals surface area contributed by atoms with Gasteiger partial charge in [-0.3, -0.25) is 0 Å². The molecule has 1 aromatic rings. The summed E-state index contributed by atoms with van der Waals surface area (Å²) in [7, 11) is 0. The molecule has 0 spiro atoms. The summed E-state index contributed by atoms with van der Waals surface area (Å²) >= 11 is 1.15. The van der Waals surface area contributed by atoms with Crippen LogP contribution in [0, 0.1) is 0 Å². The summed E-state index contributed by atoms with van der Waals surface area (Å²) in [5.41, 5.74) is 0.0966. The van der Waals surface area contributed by atoms with E-state index in [0.29, 0.717) is 0 Å². The highest BCUT2D eigenvalue weighted by Gasteiger charge is 2.29. The number of hydrogen-bond donors (Lipinski definition) is 0. The Bertz CT molecular complexity index is 234. The van der Waals surface area contributed by atoms with Crippen molar-refractivity contribution in [3.05, 3.63) is 35.9 Å². The van der Waals surface area contributed by atoms with Crippen LogP contribution in [0.3, 0.4) is 0 Å². The van der Waals surface area contributed by atoms with Crippen molar-refractivity contribution < 1.29 is 8.78 Å². The van der Waals surface area contributed by atoms with Crippen LogP contribution < -0.4 is 0 Å². The maximum Gasteiger partial charge on any atom is 0.282 e. The lowest BCUT2D eigenvalue weighted by Gasteiger charge is -2.14. The number of hydrogen-bond acceptors (Lipinski definition) is 1. The Morgan fingerprint density at radius 2 is 1.83 bits per heavy atom. The van der Waals surface area contributed by atoms with Crippen LogP contribution in [-0.2, 0) is 5.92 Å². The van der Waals surface area contributed by atoms with Gasteiger partial charge in [0.2, 0.25) is 0 Å². The molecule has 0 bridgehead atoms. The molecule has 0 saturated heterocycles. The Morgan fingerprint density at radius 3 is 2.33 bits per heavy atom. The summed E-state index contributed by atoms with van der Waals surface area (Å²) in [5, 5.41) is 0. The van der Waals surface area contributed by atoms with Gasteiger partial charge in [-0.15, -0.1) is 0 Å². The Hall–Kier alpha value is -0.570. The van der Waals surface area contributed by atoms with Crippen molar-refractivity contribution in [2.45, 2.75) is 5.92 Å². The van der Waals surface area contributed by atoms with E-state index in [1.54, 1.807) is 24.5 Å². The van der Waals surface area contributed by atoms with E-state index in [4.69, 9.17) is 0 Å². The maximum absolute atomic E-state index is 13.1. The van der Waals surface area contributed by atoms with E-state index < -0.39 is 5.92 Å². The highest BCUT2D eigenvalue weighted by atomic mass is 32.2. The van der Waals surface area contributed by atoms with Crippen LogP contribution in [0.2, 0.25) is 0 Å². The van der Waals surface area contributed by atoms with Gasteiger partial charge in [-0.05, 0) is 6.26 Å². The van der Waals surface area contributed by atoms with E-state index >= 15 is 0 Å². The lowest BCUT2D eigenvalue weighted by Crippen LogP contribution is -2.16. The van der Waals surface area contributed by atoms with Crippen LogP contribution in [0.4, 0.5) is 8.78 Å². The first-order valence-electron chi connectivity index (χ1n) is 3.59. The Morgan fingerprint density at radius 1 is 1.25 bits per heavy atom. The number of halogens is 2. The molecule has 1 aromatic carbocycles. The van der Waals surface area contributed by atoms with E-state index in [9.17, 15) is 8.78 Å². The minimum atomic E-state index is -2.69. The maximum atomic E-state index is 13.1. The normalized spacial score (nSPS) is 11.6. The minimum Gasteiger partial charge on any atom is -0.200 e. The smallest absolute Gasteiger partial charge is 0.200 e. The van der Waals surface area contributed by atoms with Crippen molar-refractivity contribution in [2.24, 2.45) is 0 Å². The highest BCUT2D eigenvalue weighted by Crippen LogP contribution is 2.30. The fraction of sp³-hybridized carbons (Fsp3) is 0.333. The van der Waals surface area contributed by atoms with Gasteiger partial charge in [-0.1, -0.05) is 30.3 Å². The molecule has 0 atom stereocenters. The lowest BCUT2D eigenvalue weighted by molar-refractivity contribution is 0.0232. The average Bonchev–Trinajstić information content (AvgIpc) is 2.06. The van der Waals surface area contributed by atoms with Crippen LogP contribution in [0.1, 0.15) is 5.56 Å². The van der Waals surface area contributed by atoms with Gasteiger partial charge in [0.1, 0.15) is 0 Å². The molecule has 0 nitrogen and oxygen atoms in total. The standard InChI is InChI=1S/C9H10F2S/c1-12-7-9(10,11)8-5-3-2-4-6-8/h2-6H,7H2,1H3. The summed E-state index contributed by atoms with van der Waals surface area (Å²) in [4.78, 5) is 0. The molecular weight excluding hydrogens is 178 g/mol. The number of alkyl halides is 2. The van der Waals surface area contributed by atoms with Crippen LogP contribution >= 0.6 is 11.8 Å². The Kier molecular flexibility index (Phi) is 3.09. The number of rotatable bonds is 3. The molecule has 0 fully saturated rings. The molecule has 0 saturated carbocycles. The molecule has 0 radical (unpaired) electrons. The molecule has 0 N–H and O–H groups in total. The van der Waals surface area contributed by atoms with Crippen LogP contribution in [0.15, 0.2) is 30.3 Å². The van der Waals surface area contributed by atoms with Gasteiger partial charge >= 0.3 is 0 Å². The molecule has 66 valence electrons. The molecule has 0 aliphatic carbocycles. The monoisotopic (exact) mass is 188 g/mol. The summed E-state index contributed by atoms with van der Waals surface area (Å²) < 4.78 is 26.3.